The molecule has 0 saturated carbocycles. The van der Waals surface area contributed by atoms with Crippen LogP contribution in [0.25, 0.3) is 0 Å². The summed E-state index contributed by atoms with van der Waals surface area (Å²) in [6, 6.07) is 7.78. The molecule has 1 rings (SSSR count). The number of carbonyl (C=O) groups excluding carboxylic acids is 1. The number of para-hydroxylation sites is 1. The van der Waals surface area contributed by atoms with Gasteiger partial charge in [0.1, 0.15) is 5.75 Å². The quantitative estimate of drug-likeness (QED) is 0.665. The number of rotatable bonds is 9. The number of amides is 1. The van der Waals surface area contributed by atoms with Gasteiger partial charge in [0, 0.05) is 19.7 Å². The molecule has 1 aromatic carbocycles. The maximum atomic E-state index is 11.6. The van der Waals surface area contributed by atoms with E-state index in [0.29, 0.717) is 13.2 Å². The van der Waals surface area contributed by atoms with Crippen molar-refractivity contribution in [1.29, 1.82) is 0 Å². The molecule has 1 aromatic rings. The summed E-state index contributed by atoms with van der Waals surface area (Å²) in [6.45, 7) is 3.04. The third-order valence-electron chi connectivity index (χ3n) is 2.97. The normalized spacial score (nSPS) is 11.9. The summed E-state index contributed by atoms with van der Waals surface area (Å²) in [6.07, 6.45) is 1.66. The van der Waals surface area contributed by atoms with Crippen LogP contribution in [0, 0.1) is 0 Å². The first-order valence-corrected chi connectivity index (χ1v) is 6.89. The van der Waals surface area contributed by atoms with E-state index in [9.17, 15) is 4.79 Å². The van der Waals surface area contributed by atoms with Crippen molar-refractivity contribution < 1.29 is 14.3 Å². The standard InChI is InChI=1S/C15H24N2O3/c1-3-13(16)10-12-6-4-5-7-14(12)20-11-15(18)17-8-9-19-2/h4-7,13H,3,8-11,16H2,1-2H3,(H,17,18). The van der Waals surface area contributed by atoms with E-state index >= 15 is 0 Å². The Hall–Kier alpha value is -1.59. The maximum Gasteiger partial charge on any atom is 0.258 e. The molecule has 0 fully saturated rings. The molecule has 5 nitrogen and oxygen atoms in total. The summed E-state index contributed by atoms with van der Waals surface area (Å²) in [4.78, 5) is 11.6. The summed E-state index contributed by atoms with van der Waals surface area (Å²) >= 11 is 0. The number of methoxy groups -OCH3 is 1. The highest BCUT2D eigenvalue weighted by molar-refractivity contribution is 5.77. The minimum Gasteiger partial charge on any atom is -0.483 e. The molecule has 5 heteroatoms. The molecule has 0 radical (unpaired) electrons. The van der Waals surface area contributed by atoms with E-state index in [4.69, 9.17) is 15.2 Å². The van der Waals surface area contributed by atoms with E-state index < -0.39 is 0 Å². The SMILES string of the molecule is CCC(N)Cc1ccccc1OCC(=O)NCCOC. The van der Waals surface area contributed by atoms with Crippen molar-refractivity contribution in [3.8, 4) is 5.75 Å². The van der Waals surface area contributed by atoms with Gasteiger partial charge in [-0.05, 0) is 24.5 Å². The van der Waals surface area contributed by atoms with Crippen molar-refractivity contribution >= 4 is 5.91 Å². The second-order valence-electron chi connectivity index (χ2n) is 4.61. The fourth-order valence-electron chi connectivity index (χ4n) is 1.73. The summed E-state index contributed by atoms with van der Waals surface area (Å²) < 4.78 is 10.4. The van der Waals surface area contributed by atoms with Gasteiger partial charge < -0.3 is 20.5 Å². The van der Waals surface area contributed by atoms with Gasteiger partial charge in [0.05, 0.1) is 6.61 Å². The predicted molar refractivity (Wildman–Crippen MR) is 78.8 cm³/mol. The first-order chi connectivity index (χ1) is 9.67. The molecule has 1 unspecified atom stereocenters. The van der Waals surface area contributed by atoms with Crippen molar-refractivity contribution in [2.24, 2.45) is 5.73 Å². The van der Waals surface area contributed by atoms with Crippen LogP contribution >= 0.6 is 0 Å². The highest BCUT2D eigenvalue weighted by atomic mass is 16.5. The van der Waals surface area contributed by atoms with Gasteiger partial charge in [-0.1, -0.05) is 25.1 Å². The van der Waals surface area contributed by atoms with Gasteiger partial charge in [-0.25, -0.2) is 0 Å². The Bertz CT molecular complexity index is 410. The molecule has 1 amide bonds. The molecule has 0 bridgehead atoms. The van der Waals surface area contributed by atoms with Crippen molar-refractivity contribution in [3.05, 3.63) is 29.8 Å². The van der Waals surface area contributed by atoms with Crippen molar-refractivity contribution in [2.75, 3.05) is 26.9 Å². The van der Waals surface area contributed by atoms with Crippen LogP contribution in [0.4, 0.5) is 0 Å². The molecule has 0 spiro atoms. The van der Waals surface area contributed by atoms with E-state index in [-0.39, 0.29) is 18.6 Å². The van der Waals surface area contributed by atoms with E-state index in [1.165, 1.54) is 0 Å². The van der Waals surface area contributed by atoms with Crippen molar-refractivity contribution in [1.82, 2.24) is 5.32 Å². The molecule has 1 atom stereocenters. The first-order valence-electron chi connectivity index (χ1n) is 6.89. The zero-order chi connectivity index (χ0) is 14.8. The second kappa shape index (κ2) is 9.34. The predicted octanol–water partition coefficient (Wildman–Crippen LogP) is 1.11. The van der Waals surface area contributed by atoms with Gasteiger partial charge in [-0.2, -0.15) is 0 Å². The minimum atomic E-state index is -0.156. The number of carbonyl (C=O) groups is 1. The fourth-order valence-corrected chi connectivity index (χ4v) is 1.73. The average Bonchev–Trinajstić information content (AvgIpc) is 2.46. The van der Waals surface area contributed by atoms with Crippen molar-refractivity contribution in [2.45, 2.75) is 25.8 Å². The lowest BCUT2D eigenvalue weighted by molar-refractivity contribution is -0.123. The summed E-state index contributed by atoms with van der Waals surface area (Å²) in [5.74, 6) is 0.565. The van der Waals surface area contributed by atoms with Crippen molar-refractivity contribution in [3.63, 3.8) is 0 Å². The van der Waals surface area contributed by atoms with Gasteiger partial charge in [0.15, 0.2) is 6.61 Å². The van der Waals surface area contributed by atoms with Crippen LogP contribution in [0.15, 0.2) is 24.3 Å². The molecular weight excluding hydrogens is 256 g/mol. The number of nitrogens with one attached hydrogen (secondary N) is 1. The monoisotopic (exact) mass is 280 g/mol. The van der Waals surface area contributed by atoms with Gasteiger partial charge >= 0.3 is 0 Å². The van der Waals surface area contributed by atoms with Gasteiger partial charge in [0.2, 0.25) is 0 Å². The molecule has 20 heavy (non-hydrogen) atoms. The van der Waals surface area contributed by atoms with Crippen LogP contribution < -0.4 is 15.8 Å². The van der Waals surface area contributed by atoms with Gasteiger partial charge in [-0.15, -0.1) is 0 Å². The number of benzene rings is 1. The summed E-state index contributed by atoms with van der Waals surface area (Å²) in [5.41, 5.74) is 7.00. The second-order valence-corrected chi connectivity index (χ2v) is 4.61. The maximum absolute atomic E-state index is 11.6. The largest absolute Gasteiger partial charge is 0.483 e. The lowest BCUT2D eigenvalue weighted by Gasteiger charge is -2.14. The lowest BCUT2D eigenvalue weighted by Crippen LogP contribution is -2.31. The Kier molecular flexibility index (Phi) is 7.69. The molecule has 0 aromatic heterocycles. The topological polar surface area (TPSA) is 73.6 Å². The van der Waals surface area contributed by atoms with Crippen LogP contribution in [0.5, 0.6) is 5.75 Å². The molecule has 0 aliphatic heterocycles. The Morgan fingerprint density at radius 1 is 1.40 bits per heavy atom. The smallest absolute Gasteiger partial charge is 0.258 e. The van der Waals surface area contributed by atoms with E-state index in [0.717, 1.165) is 24.2 Å². The Balaban J connectivity index is 2.48. The molecule has 0 aliphatic carbocycles. The Morgan fingerprint density at radius 2 is 2.15 bits per heavy atom. The van der Waals surface area contributed by atoms with E-state index in [1.807, 2.05) is 24.3 Å². The van der Waals surface area contributed by atoms with Crippen LogP contribution in [-0.2, 0) is 16.0 Å². The number of hydrogen-bond donors (Lipinski definition) is 2. The van der Waals surface area contributed by atoms with Gasteiger partial charge in [0.25, 0.3) is 5.91 Å². The molecule has 0 heterocycles. The van der Waals surface area contributed by atoms with Crippen LogP contribution in [0.2, 0.25) is 0 Å². The van der Waals surface area contributed by atoms with E-state index in [1.54, 1.807) is 7.11 Å². The number of nitrogens with two attached hydrogens (primary N) is 1. The highest BCUT2D eigenvalue weighted by Gasteiger charge is 2.09. The minimum absolute atomic E-state index is 0.00207. The van der Waals surface area contributed by atoms with Crippen LogP contribution in [0.1, 0.15) is 18.9 Å². The number of ether oxygens (including phenoxy) is 2. The van der Waals surface area contributed by atoms with Crippen LogP contribution in [-0.4, -0.2) is 38.8 Å². The van der Waals surface area contributed by atoms with Crippen LogP contribution in [0.3, 0.4) is 0 Å². The summed E-state index contributed by atoms with van der Waals surface area (Å²) in [7, 11) is 1.59. The molecule has 3 N–H and O–H groups in total. The Morgan fingerprint density at radius 3 is 2.85 bits per heavy atom. The number of hydrogen-bond acceptors (Lipinski definition) is 4. The summed E-state index contributed by atoms with van der Waals surface area (Å²) in [5, 5.41) is 2.71. The molecule has 0 saturated heterocycles. The zero-order valence-electron chi connectivity index (χ0n) is 12.2. The van der Waals surface area contributed by atoms with E-state index in [2.05, 4.69) is 12.2 Å². The average molecular weight is 280 g/mol. The zero-order valence-corrected chi connectivity index (χ0v) is 12.2. The highest BCUT2D eigenvalue weighted by Crippen LogP contribution is 2.19. The lowest BCUT2D eigenvalue weighted by atomic mass is 10.0. The Labute approximate surface area is 120 Å². The molecular formula is C15H24N2O3. The third-order valence-corrected chi connectivity index (χ3v) is 2.97. The molecule has 112 valence electrons. The third kappa shape index (κ3) is 6.04. The first kappa shape index (κ1) is 16.5. The molecule has 0 aliphatic rings. The van der Waals surface area contributed by atoms with Gasteiger partial charge in [-0.3, -0.25) is 4.79 Å². The fraction of sp³-hybridized carbons (Fsp3) is 0.533.